The molecule has 0 bridgehead atoms. The molecule has 0 aromatic rings. The third kappa shape index (κ3) is 18.1. The standard InChI is InChI=1S/C23H45NO4/c1-5-6-7-8-9-10-11-12-13-14-15-16-17-18-27-22(25)21(4)24-23(26)28-19-20(2)3/h20-21H,5-19H2,1-4H3,(H,24,26). The summed E-state index contributed by atoms with van der Waals surface area (Å²) in [5.41, 5.74) is 0. The van der Waals surface area contributed by atoms with Crippen molar-refractivity contribution in [2.75, 3.05) is 13.2 Å². The predicted octanol–water partition coefficient (Wildman–Crippen LogP) is 6.39. The lowest BCUT2D eigenvalue weighted by molar-refractivity contribution is -0.145. The number of nitrogens with one attached hydrogen (secondary N) is 1. The Morgan fingerprint density at radius 1 is 0.714 bits per heavy atom. The highest BCUT2D eigenvalue weighted by Crippen LogP contribution is 2.12. The predicted molar refractivity (Wildman–Crippen MR) is 115 cm³/mol. The van der Waals surface area contributed by atoms with Crippen molar-refractivity contribution in [3.8, 4) is 0 Å². The molecule has 0 saturated heterocycles. The Bertz CT molecular complexity index is 385. The van der Waals surface area contributed by atoms with Gasteiger partial charge < -0.3 is 14.8 Å². The van der Waals surface area contributed by atoms with Crippen LogP contribution < -0.4 is 5.32 Å². The third-order valence-electron chi connectivity index (χ3n) is 4.73. The molecule has 166 valence electrons. The topological polar surface area (TPSA) is 64.6 Å². The van der Waals surface area contributed by atoms with Crippen molar-refractivity contribution in [3.63, 3.8) is 0 Å². The molecule has 0 radical (unpaired) electrons. The Hall–Kier alpha value is -1.26. The molecule has 1 unspecified atom stereocenters. The van der Waals surface area contributed by atoms with Gasteiger partial charge in [-0.25, -0.2) is 9.59 Å². The minimum atomic E-state index is -0.679. The van der Waals surface area contributed by atoms with Crippen LogP contribution in [0.15, 0.2) is 0 Å². The first-order valence-electron chi connectivity index (χ1n) is 11.6. The van der Waals surface area contributed by atoms with Crippen LogP contribution in [0.3, 0.4) is 0 Å². The quantitative estimate of drug-likeness (QED) is 0.214. The van der Waals surface area contributed by atoms with Gasteiger partial charge in [0, 0.05) is 0 Å². The number of amides is 1. The second-order valence-electron chi connectivity index (χ2n) is 8.27. The SMILES string of the molecule is CCCCCCCCCCCCCCCOC(=O)C(C)NC(=O)OCC(C)C. The average Bonchev–Trinajstić information content (AvgIpc) is 2.66. The molecular weight excluding hydrogens is 354 g/mol. The van der Waals surface area contributed by atoms with Crippen molar-refractivity contribution in [2.45, 2.75) is 117 Å². The first-order chi connectivity index (χ1) is 13.5. The summed E-state index contributed by atoms with van der Waals surface area (Å²) in [6, 6.07) is -0.679. The molecule has 1 amide bonds. The van der Waals surface area contributed by atoms with E-state index in [-0.39, 0.29) is 5.92 Å². The van der Waals surface area contributed by atoms with Gasteiger partial charge in [0.1, 0.15) is 6.04 Å². The van der Waals surface area contributed by atoms with Crippen LogP contribution in [0.5, 0.6) is 0 Å². The Kier molecular flexibility index (Phi) is 18.2. The van der Waals surface area contributed by atoms with Crippen molar-refractivity contribution in [1.82, 2.24) is 5.32 Å². The molecule has 0 rings (SSSR count). The van der Waals surface area contributed by atoms with Crippen LogP contribution in [-0.2, 0) is 14.3 Å². The normalized spacial score (nSPS) is 12.0. The average molecular weight is 400 g/mol. The summed E-state index contributed by atoms with van der Waals surface area (Å²) in [5.74, 6) is -0.135. The lowest BCUT2D eigenvalue weighted by Gasteiger charge is -2.14. The van der Waals surface area contributed by atoms with Crippen LogP contribution in [0.4, 0.5) is 4.79 Å². The van der Waals surface area contributed by atoms with E-state index in [1.807, 2.05) is 13.8 Å². The molecule has 0 aromatic heterocycles. The van der Waals surface area contributed by atoms with Gasteiger partial charge in [0.05, 0.1) is 13.2 Å². The van der Waals surface area contributed by atoms with Crippen LogP contribution in [0.2, 0.25) is 0 Å². The van der Waals surface area contributed by atoms with Gasteiger partial charge in [0.2, 0.25) is 0 Å². The van der Waals surface area contributed by atoms with Crippen LogP contribution >= 0.6 is 0 Å². The fraction of sp³-hybridized carbons (Fsp3) is 0.913. The molecule has 1 N–H and O–H groups in total. The van der Waals surface area contributed by atoms with Gasteiger partial charge in [-0.15, -0.1) is 0 Å². The first-order valence-corrected chi connectivity index (χ1v) is 11.6. The third-order valence-corrected chi connectivity index (χ3v) is 4.73. The molecule has 0 spiro atoms. The van der Waals surface area contributed by atoms with Gasteiger partial charge in [-0.2, -0.15) is 0 Å². The van der Waals surface area contributed by atoms with Crippen LogP contribution in [0.1, 0.15) is 111 Å². The van der Waals surface area contributed by atoms with E-state index in [0.717, 1.165) is 12.8 Å². The van der Waals surface area contributed by atoms with E-state index < -0.39 is 18.1 Å². The number of unbranched alkanes of at least 4 members (excludes halogenated alkanes) is 12. The maximum absolute atomic E-state index is 11.8. The smallest absolute Gasteiger partial charge is 0.407 e. The van der Waals surface area contributed by atoms with E-state index in [1.54, 1.807) is 6.92 Å². The molecule has 0 saturated carbocycles. The molecule has 0 aliphatic carbocycles. The van der Waals surface area contributed by atoms with Crippen LogP contribution in [0.25, 0.3) is 0 Å². The summed E-state index contributed by atoms with van der Waals surface area (Å²) in [6.45, 7) is 8.55. The number of carbonyl (C=O) groups excluding carboxylic acids is 2. The zero-order valence-electron chi connectivity index (χ0n) is 18.9. The fourth-order valence-electron chi connectivity index (χ4n) is 2.94. The molecular formula is C23H45NO4. The minimum absolute atomic E-state index is 0.267. The molecule has 5 nitrogen and oxygen atoms in total. The molecule has 28 heavy (non-hydrogen) atoms. The Labute approximate surface area is 173 Å². The van der Waals surface area contributed by atoms with Gasteiger partial charge in [0.15, 0.2) is 0 Å². The molecule has 0 heterocycles. The monoisotopic (exact) mass is 399 g/mol. The number of hydrogen-bond donors (Lipinski definition) is 1. The lowest BCUT2D eigenvalue weighted by atomic mass is 10.0. The second-order valence-corrected chi connectivity index (χ2v) is 8.27. The number of hydrogen-bond acceptors (Lipinski definition) is 4. The summed E-state index contributed by atoms with van der Waals surface area (Å²) in [6.07, 6.45) is 16.2. The summed E-state index contributed by atoms with van der Waals surface area (Å²) in [7, 11) is 0. The van der Waals surface area contributed by atoms with Crippen molar-refractivity contribution >= 4 is 12.1 Å². The van der Waals surface area contributed by atoms with Crippen LogP contribution in [0, 0.1) is 5.92 Å². The van der Waals surface area contributed by atoms with E-state index in [1.165, 1.54) is 70.6 Å². The van der Waals surface area contributed by atoms with E-state index in [9.17, 15) is 9.59 Å². The molecule has 1 atom stereocenters. The van der Waals surface area contributed by atoms with E-state index >= 15 is 0 Å². The highest BCUT2D eigenvalue weighted by molar-refractivity contribution is 5.80. The van der Waals surface area contributed by atoms with Crippen molar-refractivity contribution in [2.24, 2.45) is 5.92 Å². The van der Waals surface area contributed by atoms with Gasteiger partial charge >= 0.3 is 12.1 Å². The summed E-state index contributed by atoms with van der Waals surface area (Å²) >= 11 is 0. The Morgan fingerprint density at radius 2 is 1.18 bits per heavy atom. The maximum atomic E-state index is 11.8. The van der Waals surface area contributed by atoms with E-state index in [4.69, 9.17) is 9.47 Å². The highest BCUT2D eigenvalue weighted by Gasteiger charge is 2.17. The molecule has 0 aromatic carbocycles. The highest BCUT2D eigenvalue weighted by atomic mass is 16.6. The van der Waals surface area contributed by atoms with E-state index in [2.05, 4.69) is 12.2 Å². The molecule has 0 fully saturated rings. The molecule has 5 heteroatoms. The summed E-state index contributed by atoms with van der Waals surface area (Å²) in [5, 5.41) is 2.50. The zero-order chi connectivity index (χ0) is 21.0. The summed E-state index contributed by atoms with van der Waals surface area (Å²) < 4.78 is 10.2. The van der Waals surface area contributed by atoms with Crippen LogP contribution in [-0.4, -0.2) is 31.3 Å². The van der Waals surface area contributed by atoms with E-state index in [0.29, 0.717) is 13.2 Å². The van der Waals surface area contributed by atoms with Crippen molar-refractivity contribution < 1.29 is 19.1 Å². The zero-order valence-corrected chi connectivity index (χ0v) is 18.9. The van der Waals surface area contributed by atoms with Crippen molar-refractivity contribution in [3.05, 3.63) is 0 Å². The number of carbonyl (C=O) groups is 2. The van der Waals surface area contributed by atoms with Crippen molar-refractivity contribution in [1.29, 1.82) is 0 Å². The number of alkyl carbamates (subject to hydrolysis) is 1. The Morgan fingerprint density at radius 3 is 1.64 bits per heavy atom. The maximum Gasteiger partial charge on any atom is 0.407 e. The molecule has 0 aliphatic rings. The lowest BCUT2D eigenvalue weighted by Crippen LogP contribution is -2.40. The molecule has 0 aliphatic heterocycles. The van der Waals surface area contributed by atoms with Gasteiger partial charge in [-0.05, 0) is 19.3 Å². The Balaban J connectivity index is 3.41. The first kappa shape index (κ1) is 26.7. The number of esters is 1. The summed E-state index contributed by atoms with van der Waals surface area (Å²) in [4.78, 5) is 23.4. The van der Waals surface area contributed by atoms with Gasteiger partial charge in [0.25, 0.3) is 0 Å². The second kappa shape index (κ2) is 19.1. The fourth-order valence-corrected chi connectivity index (χ4v) is 2.94. The number of rotatable bonds is 18. The number of ether oxygens (including phenoxy) is 2. The van der Waals surface area contributed by atoms with Gasteiger partial charge in [-0.3, -0.25) is 0 Å². The minimum Gasteiger partial charge on any atom is -0.464 e. The largest absolute Gasteiger partial charge is 0.464 e. The van der Waals surface area contributed by atoms with Gasteiger partial charge in [-0.1, -0.05) is 97.8 Å².